The Labute approximate surface area is 127 Å². The van der Waals surface area contributed by atoms with Crippen LogP contribution in [0.2, 0.25) is 0 Å². The number of nitrogens with one attached hydrogen (secondary N) is 1. The minimum Gasteiger partial charge on any atom is -0.316 e. The van der Waals surface area contributed by atoms with Crippen LogP contribution in [0.3, 0.4) is 0 Å². The first-order chi connectivity index (χ1) is 10.3. The van der Waals surface area contributed by atoms with Crippen molar-refractivity contribution < 1.29 is 0 Å². The number of rotatable bonds is 5. The van der Waals surface area contributed by atoms with Gasteiger partial charge in [-0.1, -0.05) is 37.3 Å². The SMILES string of the molecule is CCc1ccc(CC(NC)C2Cc3ccccc3C2)nc1. The Balaban J connectivity index is 1.68. The predicted octanol–water partition coefficient (Wildman–Crippen LogP) is 3.19. The molecule has 21 heavy (non-hydrogen) atoms. The summed E-state index contributed by atoms with van der Waals surface area (Å²) < 4.78 is 0. The Kier molecular flexibility index (Phi) is 4.35. The molecule has 1 atom stereocenters. The Bertz CT molecular complexity index is 564. The summed E-state index contributed by atoms with van der Waals surface area (Å²) in [5.41, 5.74) is 5.56. The van der Waals surface area contributed by atoms with Crippen molar-refractivity contribution in [1.82, 2.24) is 10.3 Å². The summed E-state index contributed by atoms with van der Waals surface area (Å²) in [5.74, 6) is 0.681. The molecule has 2 aromatic rings. The minimum absolute atomic E-state index is 0.498. The van der Waals surface area contributed by atoms with E-state index in [-0.39, 0.29) is 0 Å². The van der Waals surface area contributed by atoms with Gasteiger partial charge in [0.2, 0.25) is 0 Å². The number of aryl methyl sites for hydroxylation is 1. The van der Waals surface area contributed by atoms with Crippen LogP contribution in [-0.4, -0.2) is 18.1 Å². The third-order valence-corrected chi connectivity index (χ3v) is 4.75. The van der Waals surface area contributed by atoms with Gasteiger partial charge in [-0.05, 0) is 55.0 Å². The third kappa shape index (κ3) is 3.16. The number of nitrogens with zero attached hydrogens (tertiary/aromatic N) is 1. The summed E-state index contributed by atoms with van der Waals surface area (Å²) in [6.45, 7) is 2.17. The van der Waals surface area contributed by atoms with Gasteiger partial charge >= 0.3 is 0 Å². The number of hydrogen-bond acceptors (Lipinski definition) is 2. The lowest BCUT2D eigenvalue weighted by Crippen LogP contribution is -2.36. The highest BCUT2D eigenvalue weighted by Crippen LogP contribution is 2.29. The van der Waals surface area contributed by atoms with Crippen LogP contribution in [0.1, 0.15) is 29.3 Å². The Hall–Kier alpha value is -1.67. The summed E-state index contributed by atoms with van der Waals surface area (Å²) in [5, 5.41) is 3.52. The number of hydrogen-bond donors (Lipinski definition) is 1. The highest BCUT2D eigenvalue weighted by molar-refractivity contribution is 5.32. The molecule has 0 aliphatic heterocycles. The smallest absolute Gasteiger partial charge is 0.0419 e. The number of pyridine rings is 1. The van der Waals surface area contributed by atoms with Gasteiger partial charge < -0.3 is 5.32 Å². The van der Waals surface area contributed by atoms with Crippen molar-refractivity contribution in [2.45, 2.75) is 38.6 Å². The molecule has 0 radical (unpaired) electrons. The van der Waals surface area contributed by atoms with Crippen molar-refractivity contribution in [3.8, 4) is 0 Å². The molecular formula is C19H24N2. The van der Waals surface area contributed by atoms with Gasteiger partial charge in [-0.25, -0.2) is 0 Å². The van der Waals surface area contributed by atoms with E-state index in [1.165, 1.54) is 35.2 Å². The average Bonchev–Trinajstić information content (AvgIpc) is 2.97. The molecule has 0 bridgehead atoms. The van der Waals surface area contributed by atoms with Gasteiger partial charge in [0.25, 0.3) is 0 Å². The number of fused-ring (bicyclic) bond motifs is 1. The summed E-state index contributed by atoms with van der Waals surface area (Å²) in [4.78, 5) is 4.62. The minimum atomic E-state index is 0.498. The first kappa shape index (κ1) is 14.3. The van der Waals surface area contributed by atoms with Gasteiger partial charge in [-0.2, -0.15) is 0 Å². The van der Waals surface area contributed by atoms with E-state index in [4.69, 9.17) is 0 Å². The van der Waals surface area contributed by atoms with Crippen LogP contribution < -0.4 is 5.32 Å². The number of benzene rings is 1. The van der Waals surface area contributed by atoms with E-state index in [1.54, 1.807) is 0 Å². The molecule has 110 valence electrons. The van der Waals surface area contributed by atoms with Crippen molar-refractivity contribution in [3.63, 3.8) is 0 Å². The molecule has 0 amide bonds. The fourth-order valence-corrected chi connectivity index (χ4v) is 3.39. The molecule has 0 fully saturated rings. The maximum atomic E-state index is 4.62. The Morgan fingerprint density at radius 3 is 2.38 bits per heavy atom. The van der Waals surface area contributed by atoms with Crippen molar-refractivity contribution in [3.05, 3.63) is 65.0 Å². The van der Waals surface area contributed by atoms with Crippen LogP contribution in [0.15, 0.2) is 42.6 Å². The zero-order valence-electron chi connectivity index (χ0n) is 13.0. The molecule has 1 aromatic carbocycles. The van der Waals surface area contributed by atoms with Crippen LogP contribution >= 0.6 is 0 Å². The quantitative estimate of drug-likeness (QED) is 0.910. The largest absolute Gasteiger partial charge is 0.316 e. The first-order valence-corrected chi connectivity index (χ1v) is 7.98. The van der Waals surface area contributed by atoms with Crippen molar-refractivity contribution >= 4 is 0 Å². The maximum absolute atomic E-state index is 4.62. The van der Waals surface area contributed by atoms with Crippen molar-refractivity contribution in [2.24, 2.45) is 5.92 Å². The van der Waals surface area contributed by atoms with E-state index in [0.717, 1.165) is 12.8 Å². The third-order valence-electron chi connectivity index (χ3n) is 4.75. The van der Waals surface area contributed by atoms with Crippen LogP contribution in [0.25, 0.3) is 0 Å². The molecule has 1 aliphatic rings. The summed E-state index contributed by atoms with van der Waals surface area (Å²) in [6, 6.07) is 13.7. The normalized spacial score (nSPS) is 15.9. The van der Waals surface area contributed by atoms with E-state index in [0.29, 0.717) is 12.0 Å². The van der Waals surface area contributed by atoms with E-state index in [1.807, 2.05) is 6.20 Å². The Morgan fingerprint density at radius 1 is 1.14 bits per heavy atom. The van der Waals surface area contributed by atoms with Gasteiger partial charge in [0.15, 0.2) is 0 Å². The lowest BCUT2D eigenvalue weighted by molar-refractivity contribution is 0.380. The molecule has 0 saturated carbocycles. The second-order valence-electron chi connectivity index (χ2n) is 6.05. The molecule has 0 spiro atoms. The van der Waals surface area contributed by atoms with Gasteiger partial charge in [0, 0.05) is 24.4 Å². The van der Waals surface area contributed by atoms with Gasteiger partial charge in [-0.3, -0.25) is 4.98 Å². The standard InChI is InChI=1S/C19H24N2/c1-3-14-8-9-18(21-13-14)12-19(20-2)17-10-15-6-4-5-7-16(15)11-17/h4-9,13,17,19-20H,3,10-12H2,1-2H3. The van der Waals surface area contributed by atoms with Crippen molar-refractivity contribution in [2.75, 3.05) is 7.05 Å². The van der Waals surface area contributed by atoms with Gasteiger partial charge in [0.1, 0.15) is 0 Å². The van der Waals surface area contributed by atoms with Crippen LogP contribution in [-0.2, 0) is 25.7 Å². The fraction of sp³-hybridized carbons (Fsp3) is 0.421. The molecule has 1 N–H and O–H groups in total. The second-order valence-corrected chi connectivity index (χ2v) is 6.05. The van der Waals surface area contributed by atoms with E-state index < -0.39 is 0 Å². The summed E-state index contributed by atoms with van der Waals surface area (Å²) in [6.07, 6.45) is 6.47. The first-order valence-electron chi connectivity index (χ1n) is 7.98. The topological polar surface area (TPSA) is 24.9 Å². The van der Waals surface area contributed by atoms with Crippen molar-refractivity contribution in [1.29, 1.82) is 0 Å². The highest BCUT2D eigenvalue weighted by Gasteiger charge is 2.27. The zero-order chi connectivity index (χ0) is 14.7. The molecule has 1 aliphatic carbocycles. The lowest BCUT2D eigenvalue weighted by Gasteiger charge is -2.22. The highest BCUT2D eigenvalue weighted by atomic mass is 14.9. The van der Waals surface area contributed by atoms with Gasteiger partial charge in [-0.15, -0.1) is 0 Å². The molecule has 0 saturated heterocycles. The fourth-order valence-electron chi connectivity index (χ4n) is 3.39. The van der Waals surface area contributed by atoms with Gasteiger partial charge in [0.05, 0.1) is 0 Å². The molecule has 2 nitrogen and oxygen atoms in total. The molecule has 1 unspecified atom stereocenters. The summed E-state index contributed by atoms with van der Waals surface area (Å²) >= 11 is 0. The zero-order valence-corrected chi connectivity index (χ0v) is 13.0. The Morgan fingerprint density at radius 2 is 1.86 bits per heavy atom. The summed E-state index contributed by atoms with van der Waals surface area (Å²) in [7, 11) is 2.08. The van der Waals surface area contributed by atoms with Crippen LogP contribution in [0.5, 0.6) is 0 Å². The van der Waals surface area contributed by atoms with Crippen LogP contribution in [0.4, 0.5) is 0 Å². The van der Waals surface area contributed by atoms with E-state index >= 15 is 0 Å². The molecule has 1 aromatic heterocycles. The average molecular weight is 280 g/mol. The van der Waals surface area contributed by atoms with E-state index in [9.17, 15) is 0 Å². The predicted molar refractivity (Wildman–Crippen MR) is 87.5 cm³/mol. The second kappa shape index (κ2) is 6.40. The molecule has 3 rings (SSSR count). The molecule has 1 heterocycles. The lowest BCUT2D eigenvalue weighted by atomic mass is 9.92. The monoisotopic (exact) mass is 280 g/mol. The molecule has 2 heteroatoms. The molecular weight excluding hydrogens is 256 g/mol. The maximum Gasteiger partial charge on any atom is 0.0419 e. The number of aromatic nitrogens is 1. The number of likely N-dealkylation sites (N-methyl/N-ethyl adjacent to an activating group) is 1. The van der Waals surface area contributed by atoms with Crippen LogP contribution in [0, 0.1) is 5.92 Å². The van der Waals surface area contributed by atoms with E-state index in [2.05, 4.69) is 60.7 Å².